The van der Waals surface area contributed by atoms with Crippen LogP contribution in [0.25, 0.3) is 22.2 Å². The minimum absolute atomic E-state index is 0.115. The van der Waals surface area contributed by atoms with Crippen molar-refractivity contribution in [1.29, 1.82) is 0 Å². The zero-order valence-electron chi connectivity index (χ0n) is 21.5. The number of nitrogens with one attached hydrogen (secondary N) is 3. The van der Waals surface area contributed by atoms with E-state index in [0.717, 1.165) is 49.6 Å². The lowest BCUT2D eigenvalue weighted by atomic mass is 9.90. The van der Waals surface area contributed by atoms with Gasteiger partial charge in [0.2, 0.25) is 0 Å². The number of H-pyrrole nitrogens is 1. The van der Waals surface area contributed by atoms with Crippen LogP contribution in [0.15, 0.2) is 30.6 Å². The Labute approximate surface area is 219 Å². The van der Waals surface area contributed by atoms with Crippen LogP contribution in [-0.2, 0) is 19.4 Å². The summed E-state index contributed by atoms with van der Waals surface area (Å²) < 4.78 is 2.17. The Bertz CT molecular complexity index is 1590. The van der Waals surface area contributed by atoms with E-state index in [2.05, 4.69) is 49.2 Å². The Morgan fingerprint density at radius 1 is 1.13 bits per heavy atom. The molecule has 6 heterocycles. The molecule has 0 saturated carbocycles. The average Bonchev–Trinajstić information content (AvgIpc) is 3.69. The van der Waals surface area contributed by atoms with E-state index in [1.165, 1.54) is 11.3 Å². The van der Waals surface area contributed by atoms with Crippen LogP contribution in [0.3, 0.4) is 0 Å². The fourth-order valence-electron chi connectivity index (χ4n) is 6.39. The van der Waals surface area contributed by atoms with Gasteiger partial charge in [0, 0.05) is 43.8 Å². The van der Waals surface area contributed by atoms with Gasteiger partial charge in [-0.3, -0.25) is 19.6 Å². The summed E-state index contributed by atoms with van der Waals surface area (Å²) in [6, 6.07) is 6.01. The van der Waals surface area contributed by atoms with Gasteiger partial charge < -0.3 is 15.2 Å². The third-order valence-corrected chi connectivity index (χ3v) is 8.12. The molecule has 4 aromatic heterocycles. The zero-order valence-corrected chi connectivity index (χ0v) is 21.5. The standard InChI is InChI=1S/C28H30N8O2/c1-28(2)12-16-11-21-27(38)36(10-9-35(21)22(16)13-28)26-20(15-37)18(4-8-31-26)19-5-7-30-24-23(19)25(34-33-24)32-17-3-6-29-14-17/h4-5,7-8,11,15,17,29H,3,6,9-10,12-14H2,1-2H3,(H2,30,32,33,34)/t17-/m1/s1. The smallest absolute Gasteiger partial charge is 0.276 e. The Hall–Kier alpha value is -4.05. The number of amides is 1. The molecule has 10 heteroatoms. The van der Waals surface area contributed by atoms with Crippen LogP contribution in [-0.4, -0.2) is 62.6 Å². The largest absolute Gasteiger partial charge is 0.364 e. The fourth-order valence-corrected chi connectivity index (χ4v) is 6.39. The predicted molar refractivity (Wildman–Crippen MR) is 145 cm³/mol. The molecule has 194 valence electrons. The number of pyridine rings is 2. The molecule has 1 amide bonds. The molecule has 7 rings (SSSR count). The highest BCUT2D eigenvalue weighted by Crippen LogP contribution is 2.40. The van der Waals surface area contributed by atoms with Crippen molar-refractivity contribution in [2.75, 3.05) is 29.9 Å². The summed E-state index contributed by atoms with van der Waals surface area (Å²) in [6.07, 6.45) is 7.12. The SMILES string of the molecule is CC1(C)Cc2cc3n(c2C1)CCN(c1nccc(-c2ccnc4[nH]nc(N[C@@H]5CCNC5)c24)c1C=O)C3=O. The van der Waals surface area contributed by atoms with Crippen molar-refractivity contribution in [3.05, 3.63) is 53.1 Å². The van der Waals surface area contributed by atoms with E-state index in [1.54, 1.807) is 17.3 Å². The highest BCUT2D eigenvalue weighted by Gasteiger charge is 2.37. The van der Waals surface area contributed by atoms with Crippen LogP contribution in [0, 0.1) is 5.41 Å². The van der Waals surface area contributed by atoms with Crippen molar-refractivity contribution in [3.8, 4) is 11.1 Å². The molecular weight excluding hydrogens is 480 g/mol. The van der Waals surface area contributed by atoms with Crippen molar-refractivity contribution in [2.45, 2.75) is 45.7 Å². The second-order valence-electron chi connectivity index (χ2n) is 11.3. The molecule has 3 N–H and O–H groups in total. The summed E-state index contributed by atoms with van der Waals surface area (Å²) in [5.74, 6) is 0.977. The molecule has 0 spiro atoms. The number of aldehydes is 1. The molecule has 38 heavy (non-hydrogen) atoms. The number of carbonyl (C=O) groups excluding carboxylic acids is 2. The highest BCUT2D eigenvalue weighted by molar-refractivity contribution is 6.10. The van der Waals surface area contributed by atoms with Crippen molar-refractivity contribution in [2.24, 2.45) is 5.41 Å². The summed E-state index contributed by atoms with van der Waals surface area (Å²) in [6.45, 7) is 7.50. The number of nitrogens with zero attached hydrogens (tertiary/aromatic N) is 5. The van der Waals surface area contributed by atoms with Crippen LogP contribution in [0.5, 0.6) is 0 Å². The zero-order chi connectivity index (χ0) is 26.0. The first-order valence-electron chi connectivity index (χ1n) is 13.2. The number of rotatable bonds is 5. The van der Waals surface area contributed by atoms with E-state index < -0.39 is 0 Å². The normalized spacial score (nSPS) is 20.1. The lowest BCUT2D eigenvalue weighted by Gasteiger charge is -2.30. The molecule has 3 aliphatic rings. The monoisotopic (exact) mass is 510 g/mol. The van der Waals surface area contributed by atoms with Gasteiger partial charge in [-0.15, -0.1) is 0 Å². The summed E-state index contributed by atoms with van der Waals surface area (Å²) in [5.41, 5.74) is 5.96. The van der Waals surface area contributed by atoms with Crippen LogP contribution in [0.2, 0.25) is 0 Å². The fraction of sp³-hybridized carbons (Fsp3) is 0.393. The average molecular weight is 511 g/mol. The lowest BCUT2D eigenvalue weighted by molar-refractivity contribution is 0.0963. The molecule has 0 unspecified atom stereocenters. The highest BCUT2D eigenvalue weighted by atomic mass is 16.2. The van der Waals surface area contributed by atoms with Gasteiger partial charge in [-0.1, -0.05) is 13.8 Å². The van der Waals surface area contributed by atoms with Gasteiger partial charge >= 0.3 is 0 Å². The Kier molecular flexibility index (Phi) is 5.16. The minimum atomic E-state index is -0.115. The first-order valence-corrected chi connectivity index (χ1v) is 13.2. The number of hydrogen-bond donors (Lipinski definition) is 3. The molecular formula is C28H30N8O2. The van der Waals surface area contributed by atoms with Crippen LogP contribution in [0.1, 0.15) is 52.4 Å². The molecule has 0 radical (unpaired) electrons. The number of carbonyl (C=O) groups is 2. The number of aromatic amines is 1. The van der Waals surface area contributed by atoms with E-state index in [-0.39, 0.29) is 17.4 Å². The minimum Gasteiger partial charge on any atom is -0.364 e. The third-order valence-electron chi connectivity index (χ3n) is 8.12. The van der Waals surface area contributed by atoms with Crippen molar-refractivity contribution >= 4 is 34.9 Å². The Morgan fingerprint density at radius 3 is 2.79 bits per heavy atom. The molecule has 2 aliphatic heterocycles. The molecule has 1 saturated heterocycles. The predicted octanol–water partition coefficient (Wildman–Crippen LogP) is 3.19. The Morgan fingerprint density at radius 2 is 1.97 bits per heavy atom. The second kappa shape index (κ2) is 8.49. The molecule has 1 atom stereocenters. The first-order chi connectivity index (χ1) is 18.4. The molecule has 10 nitrogen and oxygen atoms in total. The van der Waals surface area contributed by atoms with Gasteiger partial charge in [-0.25, -0.2) is 9.97 Å². The maximum absolute atomic E-state index is 13.7. The molecule has 4 aromatic rings. The molecule has 1 fully saturated rings. The maximum atomic E-state index is 13.7. The van der Waals surface area contributed by atoms with Gasteiger partial charge in [0.25, 0.3) is 5.91 Å². The second-order valence-corrected chi connectivity index (χ2v) is 11.3. The summed E-state index contributed by atoms with van der Waals surface area (Å²) in [7, 11) is 0. The lowest BCUT2D eigenvalue weighted by Crippen LogP contribution is -2.41. The summed E-state index contributed by atoms with van der Waals surface area (Å²) in [5, 5.41) is 15.2. The van der Waals surface area contributed by atoms with E-state index in [9.17, 15) is 9.59 Å². The van der Waals surface area contributed by atoms with Gasteiger partial charge in [0.05, 0.1) is 10.9 Å². The first kappa shape index (κ1) is 23.1. The number of anilines is 2. The number of aromatic nitrogens is 5. The maximum Gasteiger partial charge on any atom is 0.276 e. The molecule has 0 aromatic carbocycles. The van der Waals surface area contributed by atoms with E-state index in [4.69, 9.17) is 0 Å². The topological polar surface area (TPSA) is 121 Å². The third kappa shape index (κ3) is 3.54. The Balaban J connectivity index is 1.29. The molecule has 1 aliphatic carbocycles. The van der Waals surface area contributed by atoms with Crippen LogP contribution < -0.4 is 15.5 Å². The van der Waals surface area contributed by atoms with E-state index >= 15 is 0 Å². The van der Waals surface area contributed by atoms with E-state index in [1.807, 2.05) is 18.2 Å². The van der Waals surface area contributed by atoms with Crippen LogP contribution in [0.4, 0.5) is 11.6 Å². The molecule has 0 bridgehead atoms. The van der Waals surface area contributed by atoms with Crippen LogP contribution >= 0.6 is 0 Å². The quantitative estimate of drug-likeness (QED) is 0.353. The number of hydrogen-bond acceptors (Lipinski definition) is 7. The summed E-state index contributed by atoms with van der Waals surface area (Å²) >= 11 is 0. The van der Waals surface area contributed by atoms with Gasteiger partial charge in [0.15, 0.2) is 17.8 Å². The van der Waals surface area contributed by atoms with Gasteiger partial charge in [0.1, 0.15) is 11.5 Å². The van der Waals surface area contributed by atoms with Gasteiger partial charge in [-0.2, -0.15) is 5.10 Å². The summed E-state index contributed by atoms with van der Waals surface area (Å²) in [4.78, 5) is 37.0. The van der Waals surface area contributed by atoms with E-state index in [0.29, 0.717) is 47.2 Å². The van der Waals surface area contributed by atoms with Crippen molar-refractivity contribution < 1.29 is 9.59 Å². The van der Waals surface area contributed by atoms with Crippen molar-refractivity contribution in [1.82, 2.24) is 30.0 Å². The van der Waals surface area contributed by atoms with Crippen molar-refractivity contribution in [3.63, 3.8) is 0 Å². The van der Waals surface area contributed by atoms with Gasteiger partial charge in [-0.05, 0) is 66.1 Å². The number of fused-ring (bicyclic) bond motifs is 4.